The number of hydrogen-bond acceptors (Lipinski definition) is 6. The number of aliphatic imine (C=N–C) groups is 1. The molecule has 0 saturated heterocycles. The molecule has 1 aliphatic rings. The number of aromatic nitrogens is 6. The molecule has 0 atom stereocenters. The van der Waals surface area contributed by atoms with E-state index in [-0.39, 0.29) is 0 Å². The zero-order valence-corrected chi connectivity index (χ0v) is 18.0. The fourth-order valence-corrected chi connectivity index (χ4v) is 3.79. The maximum Gasteiger partial charge on any atom is 0.144 e. The Morgan fingerprint density at radius 3 is 2.29 bits per heavy atom. The van der Waals surface area contributed by atoms with Gasteiger partial charge < -0.3 is 15.3 Å². The van der Waals surface area contributed by atoms with Crippen molar-refractivity contribution < 1.29 is 0 Å². The molecule has 0 radical (unpaired) electrons. The number of H-pyrrole nitrogens is 2. The molecule has 3 N–H and O–H groups in total. The van der Waals surface area contributed by atoms with Gasteiger partial charge in [0.25, 0.3) is 0 Å². The molecule has 8 nitrogen and oxygen atoms in total. The molecular weight excluding hydrogens is 459 g/mol. The van der Waals surface area contributed by atoms with E-state index in [0.717, 1.165) is 40.0 Å². The van der Waals surface area contributed by atoms with Crippen LogP contribution in [0.3, 0.4) is 0 Å². The van der Waals surface area contributed by atoms with Crippen molar-refractivity contribution in [2.45, 2.75) is 6.54 Å². The lowest BCUT2D eigenvalue weighted by atomic mass is 10.1. The van der Waals surface area contributed by atoms with Crippen LogP contribution in [0.4, 0.5) is 11.5 Å². The molecule has 31 heavy (non-hydrogen) atoms. The summed E-state index contributed by atoms with van der Waals surface area (Å²) in [4.78, 5) is 26.2. The first-order valence-corrected chi connectivity index (χ1v) is 10.2. The highest BCUT2D eigenvalue weighted by molar-refractivity contribution is 6.35. The van der Waals surface area contributed by atoms with E-state index in [0.29, 0.717) is 21.1 Å². The summed E-state index contributed by atoms with van der Waals surface area (Å²) in [7, 11) is 0. The topological polar surface area (TPSA) is 108 Å². The van der Waals surface area contributed by atoms with Gasteiger partial charge in [0.15, 0.2) is 0 Å². The highest BCUT2D eigenvalue weighted by Gasteiger charge is 2.10. The van der Waals surface area contributed by atoms with Crippen LogP contribution in [0.15, 0.2) is 48.0 Å². The molecule has 5 heterocycles. The molecule has 0 amide bonds. The molecular formula is C20H13Cl3N8. The van der Waals surface area contributed by atoms with Crippen molar-refractivity contribution in [2.24, 2.45) is 4.99 Å². The number of rotatable bonds is 2. The zero-order chi connectivity index (χ0) is 21.4. The standard InChI is InChI=1S/C14H10ClN5.C6H3Cl2N3/c15-12-4-11-13(17-7-18-14(11)20-12)19-10-2-1-8-5-16-6-9(8)3-10;7-4-1-3-5(8)9-2-10-6(3)11-4/h1-4,6-7H,5H2,(H2,17,18,19,20);1-2H,(H,9,10,11). The third kappa shape index (κ3) is 4.05. The average molecular weight is 472 g/mol. The molecule has 1 aliphatic heterocycles. The highest BCUT2D eigenvalue weighted by atomic mass is 35.5. The Bertz CT molecular complexity index is 1440. The van der Waals surface area contributed by atoms with Crippen LogP contribution in [0.1, 0.15) is 11.1 Å². The number of anilines is 2. The molecule has 5 aromatic rings. The lowest BCUT2D eigenvalue weighted by molar-refractivity contribution is 1.11. The second kappa shape index (κ2) is 8.14. The zero-order valence-electron chi connectivity index (χ0n) is 15.7. The van der Waals surface area contributed by atoms with E-state index in [9.17, 15) is 0 Å². The Balaban J connectivity index is 0.000000157. The predicted octanol–water partition coefficient (Wildman–Crippen LogP) is 5.55. The molecule has 0 unspecified atom stereocenters. The van der Waals surface area contributed by atoms with E-state index < -0.39 is 0 Å². The van der Waals surface area contributed by atoms with Crippen LogP contribution in [0.5, 0.6) is 0 Å². The molecule has 4 aromatic heterocycles. The summed E-state index contributed by atoms with van der Waals surface area (Å²) in [6.45, 7) is 0.765. The molecule has 0 aliphatic carbocycles. The predicted molar refractivity (Wildman–Crippen MR) is 124 cm³/mol. The van der Waals surface area contributed by atoms with Crippen LogP contribution in [0.25, 0.3) is 22.1 Å². The van der Waals surface area contributed by atoms with Crippen LogP contribution >= 0.6 is 34.8 Å². The average Bonchev–Trinajstić information content (AvgIpc) is 3.46. The van der Waals surface area contributed by atoms with Crippen molar-refractivity contribution in [3.8, 4) is 0 Å². The minimum absolute atomic E-state index is 0.415. The third-order valence-electron chi connectivity index (χ3n) is 4.64. The van der Waals surface area contributed by atoms with Gasteiger partial charge in [-0.05, 0) is 35.4 Å². The second-order valence-corrected chi connectivity index (χ2v) is 7.83. The molecule has 0 fully saturated rings. The Morgan fingerprint density at radius 1 is 0.806 bits per heavy atom. The number of benzene rings is 1. The van der Waals surface area contributed by atoms with Crippen molar-refractivity contribution in [3.63, 3.8) is 0 Å². The minimum atomic E-state index is 0.415. The van der Waals surface area contributed by atoms with Gasteiger partial charge in [0.2, 0.25) is 0 Å². The van der Waals surface area contributed by atoms with Gasteiger partial charge in [-0.1, -0.05) is 40.9 Å². The molecule has 0 saturated carbocycles. The molecule has 11 heteroatoms. The van der Waals surface area contributed by atoms with Gasteiger partial charge in [-0.2, -0.15) is 0 Å². The molecule has 0 bridgehead atoms. The van der Waals surface area contributed by atoms with Crippen LogP contribution in [0.2, 0.25) is 15.5 Å². The monoisotopic (exact) mass is 470 g/mol. The Kier molecular flexibility index (Phi) is 5.19. The van der Waals surface area contributed by atoms with Crippen LogP contribution < -0.4 is 5.32 Å². The largest absolute Gasteiger partial charge is 0.340 e. The van der Waals surface area contributed by atoms with E-state index in [1.807, 2.05) is 18.3 Å². The number of nitrogens with one attached hydrogen (secondary N) is 3. The van der Waals surface area contributed by atoms with E-state index in [4.69, 9.17) is 34.8 Å². The van der Waals surface area contributed by atoms with Gasteiger partial charge in [-0.15, -0.1) is 0 Å². The van der Waals surface area contributed by atoms with Crippen molar-refractivity contribution in [1.29, 1.82) is 0 Å². The summed E-state index contributed by atoms with van der Waals surface area (Å²) in [5.74, 6) is 0.730. The quantitative estimate of drug-likeness (QED) is 0.292. The number of hydrogen-bond donors (Lipinski definition) is 3. The number of aromatic amines is 2. The number of nitrogens with zero attached hydrogens (tertiary/aromatic N) is 5. The van der Waals surface area contributed by atoms with E-state index in [2.05, 4.69) is 52.3 Å². The summed E-state index contributed by atoms with van der Waals surface area (Å²) < 4.78 is 0. The van der Waals surface area contributed by atoms with Gasteiger partial charge in [0.1, 0.15) is 45.2 Å². The van der Waals surface area contributed by atoms with Crippen molar-refractivity contribution in [1.82, 2.24) is 29.9 Å². The fraction of sp³-hybridized carbons (Fsp3) is 0.0500. The van der Waals surface area contributed by atoms with Gasteiger partial charge in [-0.3, -0.25) is 4.99 Å². The van der Waals surface area contributed by atoms with Gasteiger partial charge in [0, 0.05) is 11.9 Å². The third-order valence-corrected chi connectivity index (χ3v) is 5.35. The van der Waals surface area contributed by atoms with Crippen molar-refractivity contribution >= 4 is 74.6 Å². The first kappa shape index (κ1) is 19.7. The summed E-state index contributed by atoms with van der Waals surface area (Å²) >= 11 is 17.4. The first-order valence-electron chi connectivity index (χ1n) is 9.10. The molecule has 0 spiro atoms. The van der Waals surface area contributed by atoms with Crippen LogP contribution in [0, 0.1) is 0 Å². The number of fused-ring (bicyclic) bond motifs is 3. The molecule has 6 rings (SSSR count). The maximum absolute atomic E-state index is 5.97. The van der Waals surface area contributed by atoms with Gasteiger partial charge in [0.05, 0.1) is 17.3 Å². The van der Waals surface area contributed by atoms with Gasteiger partial charge in [-0.25, -0.2) is 19.9 Å². The SMILES string of the molecule is Clc1cc2c(Cl)ncnc2[nH]1.Clc1cc2c(Nc3ccc4c(c3)C=NC4)ncnc2[nH]1. The van der Waals surface area contributed by atoms with Crippen LogP contribution in [-0.2, 0) is 6.54 Å². The number of halogens is 3. The molecule has 154 valence electrons. The summed E-state index contributed by atoms with van der Waals surface area (Å²) in [5, 5.41) is 6.39. The second-order valence-electron chi connectivity index (χ2n) is 6.65. The van der Waals surface area contributed by atoms with Gasteiger partial charge >= 0.3 is 0 Å². The van der Waals surface area contributed by atoms with E-state index >= 15 is 0 Å². The summed E-state index contributed by atoms with van der Waals surface area (Å²) in [6.07, 6.45) is 4.78. The lowest BCUT2D eigenvalue weighted by Gasteiger charge is -2.07. The van der Waals surface area contributed by atoms with E-state index in [1.165, 1.54) is 18.2 Å². The van der Waals surface area contributed by atoms with E-state index in [1.54, 1.807) is 6.07 Å². The Morgan fingerprint density at radius 2 is 1.52 bits per heavy atom. The van der Waals surface area contributed by atoms with Crippen molar-refractivity contribution in [2.75, 3.05) is 5.32 Å². The summed E-state index contributed by atoms with van der Waals surface area (Å²) in [6, 6.07) is 9.67. The van der Waals surface area contributed by atoms with Crippen molar-refractivity contribution in [3.05, 3.63) is 69.6 Å². The summed E-state index contributed by atoms with van der Waals surface area (Å²) in [5.41, 5.74) is 4.74. The maximum atomic E-state index is 5.97. The Hall–Kier alpha value is -3.20. The smallest absolute Gasteiger partial charge is 0.144 e. The lowest BCUT2D eigenvalue weighted by Crippen LogP contribution is -1.96. The first-order chi connectivity index (χ1) is 15.1. The highest BCUT2D eigenvalue weighted by Crippen LogP contribution is 2.27. The normalized spacial score (nSPS) is 12.1. The fourth-order valence-electron chi connectivity index (χ4n) is 3.20. The van der Waals surface area contributed by atoms with Crippen LogP contribution in [-0.4, -0.2) is 36.1 Å². The Labute approximate surface area is 190 Å². The molecule has 1 aromatic carbocycles. The minimum Gasteiger partial charge on any atom is -0.340 e.